The third-order valence-electron chi connectivity index (χ3n) is 6.19. The van der Waals surface area contributed by atoms with Crippen molar-refractivity contribution in [3.8, 4) is 0 Å². The standard InChI is InChI=1S/C20H27F3N2/c21-20(22,23)18-5-2-1-4-17(18)13-25-11-9-19(15-25)8-3-10-24(14-19)12-16-6-7-16/h1-2,4-5,16H,3,6-15H2/t19-/m1/s1. The molecule has 0 unspecified atom stereocenters. The maximum Gasteiger partial charge on any atom is 0.416 e. The average Bonchev–Trinajstić information content (AvgIpc) is 3.29. The summed E-state index contributed by atoms with van der Waals surface area (Å²) < 4.78 is 39.7. The fourth-order valence-corrected chi connectivity index (χ4v) is 4.80. The van der Waals surface area contributed by atoms with Gasteiger partial charge in [-0.15, -0.1) is 0 Å². The number of hydrogen-bond acceptors (Lipinski definition) is 2. The molecule has 0 amide bonds. The van der Waals surface area contributed by atoms with Crippen LogP contribution in [0.2, 0.25) is 0 Å². The van der Waals surface area contributed by atoms with Gasteiger partial charge in [0.2, 0.25) is 0 Å². The van der Waals surface area contributed by atoms with Crippen molar-refractivity contribution >= 4 is 0 Å². The quantitative estimate of drug-likeness (QED) is 0.792. The van der Waals surface area contributed by atoms with Crippen molar-refractivity contribution in [3.05, 3.63) is 35.4 Å². The van der Waals surface area contributed by atoms with E-state index >= 15 is 0 Å². The Labute approximate surface area is 148 Å². The van der Waals surface area contributed by atoms with E-state index in [4.69, 9.17) is 0 Å². The predicted molar refractivity (Wildman–Crippen MR) is 92.2 cm³/mol. The summed E-state index contributed by atoms with van der Waals surface area (Å²) in [5, 5.41) is 0. The maximum atomic E-state index is 13.2. The van der Waals surface area contributed by atoms with Gasteiger partial charge in [-0.05, 0) is 68.2 Å². The SMILES string of the molecule is FC(F)(F)c1ccccc1CN1CC[C@@]2(CCCN(CC3CC3)C2)C1. The maximum absolute atomic E-state index is 13.2. The first kappa shape index (κ1) is 17.3. The van der Waals surface area contributed by atoms with Crippen molar-refractivity contribution in [1.82, 2.24) is 9.80 Å². The van der Waals surface area contributed by atoms with Crippen LogP contribution < -0.4 is 0 Å². The summed E-state index contributed by atoms with van der Waals surface area (Å²) in [6, 6.07) is 6.04. The molecule has 1 saturated carbocycles. The Morgan fingerprint density at radius 2 is 1.76 bits per heavy atom. The van der Waals surface area contributed by atoms with Gasteiger partial charge in [-0.25, -0.2) is 0 Å². The summed E-state index contributed by atoms with van der Waals surface area (Å²) in [7, 11) is 0. The van der Waals surface area contributed by atoms with E-state index in [1.807, 2.05) is 0 Å². The van der Waals surface area contributed by atoms with Gasteiger partial charge in [-0.1, -0.05) is 18.2 Å². The van der Waals surface area contributed by atoms with Crippen LogP contribution in [-0.4, -0.2) is 42.5 Å². The van der Waals surface area contributed by atoms with E-state index in [2.05, 4.69) is 9.80 Å². The molecule has 25 heavy (non-hydrogen) atoms. The van der Waals surface area contributed by atoms with Crippen LogP contribution in [0, 0.1) is 11.3 Å². The molecule has 1 aromatic carbocycles. The van der Waals surface area contributed by atoms with Crippen molar-refractivity contribution in [2.24, 2.45) is 11.3 Å². The smallest absolute Gasteiger partial charge is 0.302 e. The van der Waals surface area contributed by atoms with Crippen LogP contribution >= 0.6 is 0 Å². The fourth-order valence-electron chi connectivity index (χ4n) is 4.80. The normalized spacial score (nSPS) is 28.8. The highest BCUT2D eigenvalue weighted by molar-refractivity contribution is 5.29. The number of halogens is 3. The summed E-state index contributed by atoms with van der Waals surface area (Å²) in [5.41, 5.74) is 0.244. The first-order valence-corrected chi connectivity index (χ1v) is 9.53. The van der Waals surface area contributed by atoms with Gasteiger partial charge in [-0.2, -0.15) is 13.2 Å². The van der Waals surface area contributed by atoms with Gasteiger partial charge in [0, 0.05) is 26.2 Å². The second-order valence-electron chi connectivity index (χ2n) is 8.40. The Balaban J connectivity index is 1.41. The Morgan fingerprint density at radius 1 is 1.00 bits per heavy atom. The van der Waals surface area contributed by atoms with Gasteiger partial charge in [0.15, 0.2) is 0 Å². The molecule has 3 aliphatic rings. The van der Waals surface area contributed by atoms with Gasteiger partial charge >= 0.3 is 6.18 Å². The summed E-state index contributed by atoms with van der Waals surface area (Å²) >= 11 is 0. The molecule has 1 aromatic rings. The predicted octanol–water partition coefficient (Wildman–Crippen LogP) is 4.40. The topological polar surface area (TPSA) is 6.48 Å². The first-order chi connectivity index (χ1) is 11.9. The molecule has 0 bridgehead atoms. The number of benzene rings is 1. The number of hydrogen-bond donors (Lipinski definition) is 0. The molecule has 3 fully saturated rings. The zero-order valence-corrected chi connectivity index (χ0v) is 14.7. The lowest BCUT2D eigenvalue weighted by Crippen LogP contribution is -2.45. The zero-order valence-electron chi connectivity index (χ0n) is 14.7. The molecule has 2 heterocycles. The molecule has 0 N–H and O–H groups in total. The minimum Gasteiger partial charge on any atom is -0.302 e. The van der Waals surface area contributed by atoms with E-state index in [0.29, 0.717) is 17.5 Å². The highest BCUT2D eigenvalue weighted by Crippen LogP contribution is 2.41. The molecular formula is C20H27F3N2. The van der Waals surface area contributed by atoms with E-state index < -0.39 is 11.7 Å². The van der Waals surface area contributed by atoms with Crippen LogP contribution in [0.15, 0.2) is 24.3 Å². The summed E-state index contributed by atoms with van der Waals surface area (Å²) in [5.74, 6) is 0.909. The number of nitrogens with zero attached hydrogens (tertiary/aromatic N) is 2. The van der Waals surface area contributed by atoms with Crippen LogP contribution in [0.5, 0.6) is 0 Å². The monoisotopic (exact) mass is 352 g/mol. The highest BCUT2D eigenvalue weighted by atomic mass is 19.4. The fraction of sp³-hybridized carbons (Fsp3) is 0.700. The Kier molecular flexibility index (Phi) is 4.57. The van der Waals surface area contributed by atoms with Crippen molar-refractivity contribution < 1.29 is 13.2 Å². The van der Waals surface area contributed by atoms with Crippen LogP contribution in [0.3, 0.4) is 0 Å². The lowest BCUT2D eigenvalue weighted by atomic mass is 9.79. The van der Waals surface area contributed by atoms with Crippen LogP contribution in [0.1, 0.15) is 43.2 Å². The molecule has 0 aromatic heterocycles. The molecule has 4 rings (SSSR count). The van der Waals surface area contributed by atoms with E-state index in [-0.39, 0.29) is 0 Å². The van der Waals surface area contributed by atoms with Crippen molar-refractivity contribution in [1.29, 1.82) is 0 Å². The van der Waals surface area contributed by atoms with Crippen LogP contribution in [0.25, 0.3) is 0 Å². The second kappa shape index (κ2) is 6.58. The van der Waals surface area contributed by atoms with E-state index in [1.54, 1.807) is 12.1 Å². The second-order valence-corrected chi connectivity index (χ2v) is 8.40. The molecule has 5 heteroatoms. The number of alkyl halides is 3. The zero-order chi connectivity index (χ0) is 17.5. The number of rotatable bonds is 4. The molecular weight excluding hydrogens is 325 g/mol. The molecule has 1 aliphatic carbocycles. The lowest BCUT2D eigenvalue weighted by molar-refractivity contribution is -0.138. The molecule has 0 radical (unpaired) electrons. The van der Waals surface area contributed by atoms with Gasteiger partial charge in [0.1, 0.15) is 0 Å². The lowest BCUT2D eigenvalue weighted by Gasteiger charge is -2.40. The molecule has 1 spiro atoms. The minimum atomic E-state index is -4.26. The number of piperidine rings is 1. The third-order valence-corrected chi connectivity index (χ3v) is 6.19. The molecule has 1 atom stereocenters. The minimum absolute atomic E-state index is 0.306. The first-order valence-electron chi connectivity index (χ1n) is 9.53. The van der Waals surface area contributed by atoms with Crippen molar-refractivity contribution in [2.45, 2.75) is 44.8 Å². The van der Waals surface area contributed by atoms with E-state index in [0.717, 1.165) is 32.0 Å². The largest absolute Gasteiger partial charge is 0.416 e. The van der Waals surface area contributed by atoms with E-state index in [9.17, 15) is 13.2 Å². The third kappa shape index (κ3) is 4.03. The van der Waals surface area contributed by atoms with Crippen LogP contribution in [0.4, 0.5) is 13.2 Å². The Morgan fingerprint density at radius 3 is 2.52 bits per heavy atom. The Bertz CT molecular complexity index is 611. The summed E-state index contributed by atoms with van der Waals surface area (Å²) in [4.78, 5) is 4.86. The van der Waals surface area contributed by atoms with Crippen molar-refractivity contribution in [3.63, 3.8) is 0 Å². The van der Waals surface area contributed by atoms with Crippen molar-refractivity contribution in [2.75, 3.05) is 32.7 Å². The molecule has 2 aliphatic heterocycles. The molecule has 2 saturated heterocycles. The number of likely N-dealkylation sites (tertiary alicyclic amines) is 2. The van der Waals surface area contributed by atoms with Crippen LogP contribution in [-0.2, 0) is 12.7 Å². The average molecular weight is 352 g/mol. The molecule has 138 valence electrons. The summed E-state index contributed by atoms with van der Waals surface area (Å²) in [6.07, 6.45) is 2.08. The van der Waals surface area contributed by atoms with Gasteiger partial charge in [0.25, 0.3) is 0 Å². The van der Waals surface area contributed by atoms with Gasteiger partial charge in [0.05, 0.1) is 5.56 Å². The van der Waals surface area contributed by atoms with Gasteiger partial charge in [-0.3, -0.25) is 4.90 Å². The summed E-state index contributed by atoms with van der Waals surface area (Å²) in [6.45, 7) is 5.86. The Hall–Kier alpha value is -1.07. The highest BCUT2D eigenvalue weighted by Gasteiger charge is 2.42. The van der Waals surface area contributed by atoms with E-state index in [1.165, 1.54) is 50.9 Å². The van der Waals surface area contributed by atoms with Gasteiger partial charge < -0.3 is 4.90 Å². The molecule has 2 nitrogen and oxygen atoms in total.